The molecule has 2 saturated carbocycles. The number of rotatable bonds is 6. The third kappa shape index (κ3) is 3.14. The van der Waals surface area contributed by atoms with Gasteiger partial charge in [0.2, 0.25) is 0 Å². The maximum atomic E-state index is 12.7. The Morgan fingerprint density at radius 3 is 2.75 bits per heavy atom. The second-order valence-corrected chi connectivity index (χ2v) is 10.4. The van der Waals surface area contributed by atoms with Gasteiger partial charge in [0, 0.05) is 35.9 Å². The standard InChI is InChI=1S/C26H29NO5/c1-14(2)19-9-16-10-22(31-8-5-15-3-4-15)24-17(12-26(32-24)6-7-26)23(16)20-11-21(28)18(25(29)30)13-27(19)20/h10-11,13-15,19H,3-9,12H2,1-2H3,(H,29,30). The summed E-state index contributed by atoms with van der Waals surface area (Å²) in [6.07, 6.45) is 8.93. The van der Waals surface area contributed by atoms with E-state index in [9.17, 15) is 14.7 Å². The number of pyridine rings is 1. The lowest BCUT2D eigenvalue weighted by Gasteiger charge is -2.34. The first kappa shape index (κ1) is 19.9. The van der Waals surface area contributed by atoms with Gasteiger partial charge in [-0.2, -0.15) is 0 Å². The Labute approximate surface area is 187 Å². The van der Waals surface area contributed by atoms with Gasteiger partial charge in [-0.15, -0.1) is 0 Å². The zero-order valence-corrected chi connectivity index (χ0v) is 18.6. The van der Waals surface area contributed by atoms with E-state index >= 15 is 0 Å². The molecule has 2 fully saturated rings. The Hall–Kier alpha value is -2.76. The summed E-state index contributed by atoms with van der Waals surface area (Å²) in [5, 5.41) is 9.53. The number of carboxylic acids is 1. The van der Waals surface area contributed by atoms with Gasteiger partial charge in [0.15, 0.2) is 16.9 Å². The van der Waals surface area contributed by atoms with Crippen molar-refractivity contribution in [2.24, 2.45) is 11.8 Å². The van der Waals surface area contributed by atoms with E-state index in [0.29, 0.717) is 6.61 Å². The molecule has 32 heavy (non-hydrogen) atoms. The van der Waals surface area contributed by atoms with Gasteiger partial charge in [0.25, 0.3) is 0 Å². The van der Waals surface area contributed by atoms with Crippen LogP contribution in [0.25, 0.3) is 11.3 Å². The molecule has 6 heteroatoms. The normalized spacial score (nSPS) is 21.7. The number of hydrogen-bond donors (Lipinski definition) is 1. The first-order chi connectivity index (χ1) is 15.3. The second-order valence-electron chi connectivity index (χ2n) is 10.4. The van der Waals surface area contributed by atoms with Crippen molar-refractivity contribution in [1.82, 2.24) is 4.57 Å². The highest BCUT2D eigenvalue weighted by Gasteiger charge is 2.52. The average Bonchev–Trinajstić information content (AvgIpc) is 3.65. The molecule has 1 aromatic carbocycles. The van der Waals surface area contributed by atoms with Crippen molar-refractivity contribution < 1.29 is 19.4 Å². The number of ether oxygens (including phenoxy) is 2. The highest BCUT2D eigenvalue weighted by Crippen LogP contribution is 2.57. The van der Waals surface area contributed by atoms with Crippen LogP contribution in [0.15, 0.2) is 23.1 Å². The molecule has 6 nitrogen and oxygen atoms in total. The Bertz CT molecular complexity index is 1190. The Morgan fingerprint density at radius 1 is 1.31 bits per heavy atom. The number of fused-ring (bicyclic) bond motifs is 5. The zero-order valence-electron chi connectivity index (χ0n) is 18.6. The Kier molecular flexibility index (Phi) is 4.27. The molecule has 2 aliphatic heterocycles. The molecule has 1 atom stereocenters. The Morgan fingerprint density at radius 2 is 2.09 bits per heavy atom. The molecule has 3 heterocycles. The lowest BCUT2D eigenvalue weighted by atomic mass is 9.84. The SMILES string of the molecule is CC(C)C1Cc2cc(OCCC3CC3)c3c(c2-c2cc(=O)c(C(=O)O)cn21)CC1(CC1)O3. The smallest absolute Gasteiger partial charge is 0.341 e. The number of aromatic nitrogens is 1. The summed E-state index contributed by atoms with van der Waals surface area (Å²) in [5.41, 5.74) is 3.42. The van der Waals surface area contributed by atoms with Crippen LogP contribution in [-0.4, -0.2) is 27.9 Å². The molecule has 0 amide bonds. The van der Waals surface area contributed by atoms with Crippen LogP contribution in [0.4, 0.5) is 0 Å². The predicted octanol–water partition coefficient (Wildman–Crippen LogP) is 4.61. The van der Waals surface area contributed by atoms with Gasteiger partial charge in [-0.3, -0.25) is 4.79 Å². The molecule has 2 aliphatic carbocycles. The van der Waals surface area contributed by atoms with E-state index in [-0.39, 0.29) is 23.1 Å². The van der Waals surface area contributed by atoms with Crippen molar-refractivity contribution in [3.05, 3.63) is 45.2 Å². The van der Waals surface area contributed by atoms with Crippen molar-refractivity contribution >= 4 is 5.97 Å². The number of hydrogen-bond acceptors (Lipinski definition) is 4. The number of carbonyl (C=O) groups is 1. The summed E-state index contributed by atoms with van der Waals surface area (Å²) in [7, 11) is 0. The minimum atomic E-state index is -1.18. The Balaban J connectivity index is 1.51. The summed E-state index contributed by atoms with van der Waals surface area (Å²) in [6.45, 7) is 4.99. The van der Waals surface area contributed by atoms with Gasteiger partial charge in [-0.05, 0) is 49.1 Å². The summed E-state index contributed by atoms with van der Waals surface area (Å²) < 4.78 is 14.7. The largest absolute Gasteiger partial charge is 0.490 e. The zero-order chi connectivity index (χ0) is 22.2. The summed E-state index contributed by atoms with van der Waals surface area (Å²) in [6, 6.07) is 3.71. The van der Waals surface area contributed by atoms with E-state index in [1.165, 1.54) is 24.5 Å². The molecule has 4 aliphatic rings. The lowest BCUT2D eigenvalue weighted by Crippen LogP contribution is -2.28. The number of benzene rings is 1. The minimum absolute atomic E-state index is 0.0748. The highest BCUT2D eigenvalue weighted by atomic mass is 16.5. The number of nitrogens with zero attached hydrogens (tertiary/aromatic N) is 1. The molecule has 0 radical (unpaired) electrons. The summed E-state index contributed by atoms with van der Waals surface area (Å²) in [4.78, 5) is 24.3. The molecular formula is C26H29NO5. The monoisotopic (exact) mass is 435 g/mol. The van der Waals surface area contributed by atoms with E-state index in [0.717, 1.165) is 66.3 Å². The van der Waals surface area contributed by atoms with Gasteiger partial charge in [0.05, 0.1) is 12.3 Å². The van der Waals surface area contributed by atoms with Crippen molar-refractivity contribution in [1.29, 1.82) is 0 Å². The van der Waals surface area contributed by atoms with E-state index in [2.05, 4.69) is 19.9 Å². The van der Waals surface area contributed by atoms with Crippen molar-refractivity contribution in [2.45, 2.75) is 70.4 Å². The maximum Gasteiger partial charge on any atom is 0.341 e. The van der Waals surface area contributed by atoms with Crippen LogP contribution in [0, 0.1) is 11.8 Å². The van der Waals surface area contributed by atoms with Gasteiger partial charge < -0.3 is 19.1 Å². The second kappa shape index (κ2) is 6.87. The van der Waals surface area contributed by atoms with Gasteiger partial charge in [-0.25, -0.2) is 4.79 Å². The van der Waals surface area contributed by atoms with E-state index in [4.69, 9.17) is 9.47 Å². The van der Waals surface area contributed by atoms with Crippen LogP contribution in [-0.2, 0) is 12.8 Å². The van der Waals surface area contributed by atoms with Gasteiger partial charge in [-0.1, -0.05) is 26.7 Å². The predicted molar refractivity (Wildman–Crippen MR) is 120 cm³/mol. The van der Waals surface area contributed by atoms with Gasteiger partial charge >= 0.3 is 5.97 Å². The van der Waals surface area contributed by atoms with Crippen LogP contribution < -0.4 is 14.9 Å². The molecule has 6 rings (SSSR count). The van der Waals surface area contributed by atoms with E-state index < -0.39 is 11.4 Å². The fraction of sp³-hybridized carbons (Fsp3) is 0.538. The fourth-order valence-corrected chi connectivity index (χ4v) is 5.42. The molecule has 1 unspecified atom stereocenters. The van der Waals surface area contributed by atoms with Crippen LogP contribution in [0.1, 0.15) is 73.5 Å². The van der Waals surface area contributed by atoms with Crippen LogP contribution in [0.3, 0.4) is 0 Å². The van der Waals surface area contributed by atoms with Gasteiger partial charge in [0.1, 0.15) is 11.2 Å². The van der Waals surface area contributed by atoms with Crippen molar-refractivity contribution in [3.8, 4) is 22.8 Å². The molecule has 168 valence electrons. The fourth-order valence-electron chi connectivity index (χ4n) is 5.42. The van der Waals surface area contributed by atoms with Crippen LogP contribution in [0.5, 0.6) is 11.5 Å². The average molecular weight is 436 g/mol. The molecule has 0 bridgehead atoms. The number of carboxylic acid groups (broad SMARTS) is 1. The van der Waals surface area contributed by atoms with E-state index in [1.54, 1.807) is 6.20 Å². The van der Waals surface area contributed by atoms with Crippen molar-refractivity contribution in [2.75, 3.05) is 6.61 Å². The molecule has 1 spiro atoms. The summed E-state index contributed by atoms with van der Waals surface area (Å²) >= 11 is 0. The highest BCUT2D eigenvalue weighted by molar-refractivity contribution is 5.88. The maximum absolute atomic E-state index is 12.7. The minimum Gasteiger partial charge on any atom is -0.490 e. The molecule has 0 saturated heterocycles. The third-order valence-electron chi connectivity index (χ3n) is 7.65. The molecule has 1 N–H and O–H groups in total. The van der Waals surface area contributed by atoms with Crippen LogP contribution >= 0.6 is 0 Å². The topological polar surface area (TPSA) is 77.8 Å². The molecular weight excluding hydrogens is 406 g/mol. The number of aromatic carboxylic acids is 1. The third-order valence-corrected chi connectivity index (χ3v) is 7.65. The lowest BCUT2D eigenvalue weighted by molar-refractivity contribution is 0.0694. The molecule has 1 aromatic heterocycles. The van der Waals surface area contributed by atoms with Crippen LogP contribution in [0.2, 0.25) is 0 Å². The first-order valence-corrected chi connectivity index (χ1v) is 11.9. The molecule has 2 aromatic rings. The summed E-state index contributed by atoms with van der Waals surface area (Å²) in [5.74, 6) is 1.59. The van der Waals surface area contributed by atoms with E-state index in [1.807, 2.05) is 4.57 Å². The first-order valence-electron chi connectivity index (χ1n) is 11.9. The quantitative estimate of drug-likeness (QED) is 0.717. The van der Waals surface area contributed by atoms with Crippen molar-refractivity contribution in [3.63, 3.8) is 0 Å².